The number of ether oxygens (including phenoxy) is 1. The minimum absolute atomic E-state index is 0.0739. The molecular weight excluding hydrogens is 395 g/mol. The van der Waals surface area contributed by atoms with Crippen molar-refractivity contribution in [2.75, 3.05) is 16.8 Å². The van der Waals surface area contributed by atoms with Gasteiger partial charge in [0.15, 0.2) is 6.61 Å². The Morgan fingerprint density at radius 1 is 1.21 bits per heavy atom. The number of benzene rings is 2. The summed E-state index contributed by atoms with van der Waals surface area (Å²) >= 11 is 0. The number of fused-ring (bicyclic) bond motifs is 1. The number of para-hydroxylation sites is 2. The lowest BCUT2D eigenvalue weighted by atomic mass is 10.1. The van der Waals surface area contributed by atoms with Crippen molar-refractivity contribution in [3.05, 3.63) is 58.6 Å². The fourth-order valence-electron chi connectivity index (χ4n) is 2.87. The quantitative estimate of drug-likeness (QED) is 0.617. The van der Waals surface area contributed by atoms with Crippen molar-refractivity contribution in [2.24, 2.45) is 0 Å². The van der Waals surface area contributed by atoms with Gasteiger partial charge in [0.25, 0.3) is 11.6 Å². The second-order valence-corrected chi connectivity index (χ2v) is 6.13. The van der Waals surface area contributed by atoms with E-state index in [1.807, 2.05) is 0 Å². The van der Waals surface area contributed by atoms with E-state index in [0.29, 0.717) is 4.90 Å². The van der Waals surface area contributed by atoms with E-state index in [4.69, 9.17) is 4.74 Å². The number of nitrogens with one attached hydrogen (secondary N) is 1. The first-order valence-electron chi connectivity index (χ1n) is 8.31. The molecule has 2 aromatic carbocycles. The highest BCUT2D eigenvalue weighted by atomic mass is 19.4. The van der Waals surface area contributed by atoms with Gasteiger partial charge in [0.1, 0.15) is 11.8 Å². The monoisotopic (exact) mass is 409 g/mol. The first kappa shape index (κ1) is 20.1. The zero-order valence-electron chi connectivity index (χ0n) is 14.7. The summed E-state index contributed by atoms with van der Waals surface area (Å²) in [5.41, 5.74) is -0.224. The Hall–Kier alpha value is -3.63. The van der Waals surface area contributed by atoms with Crippen LogP contribution in [0.2, 0.25) is 0 Å². The maximum Gasteiger partial charge on any atom is 0.409 e. The molecule has 1 aliphatic rings. The summed E-state index contributed by atoms with van der Waals surface area (Å²) in [6.45, 7) is -0.757. The van der Waals surface area contributed by atoms with Gasteiger partial charge in [-0.15, -0.1) is 0 Å². The van der Waals surface area contributed by atoms with Gasteiger partial charge in [-0.3, -0.25) is 24.6 Å². The third-order valence-corrected chi connectivity index (χ3v) is 4.18. The van der Waals surface area contributed by atoms with Crippen molar-refractivity contribution < 1.29 is 32.4 Å². The summed E-state index contributed by atoms with van der Waals surface area (Å²) in [6, 6.07) is 8.03. The molecule has 0 spiro atoms. The average Bonchev–Trinajstić information content (AvgIpc) is 2.82. The summed E-state index contributed by atoms with van der Waals surface area (Å²) in [5.74, 6) is -1.81. The molecule has 1 atom stereocenters. The zero-order chi connectivity index (χ0) is 21.2. The first-order chi connectivity index (χ1) is 13.7. The van der Waals surface area contributed by atoms with Crippen molar-refractivity contribution in [3.8, 4) is 5.75 Å². The zero-order valence-corrected chi connectivity index (χ0v) is 14.7. The molecule has 8 nitrogen and oxygen atoms in total. The molecule has 2 aromatic rings. The molecule has 0 fully saturated rings. The van der Waals surface area contributed by atoms with E-state index >= 15 is 0 Å². The van der Waals surface area contributed by atoms with Crippen LogP contribution in [0.15, 0.2) is 48.5 Å². The van der Waals surface area contributed by atoms with Gasteiger partial charge in [0, 0.05) is 12.1 Å². The van der Waals surface area contributed by atoms with E-state index in [1.54, 1.807) is 0 Å². The van der Waals surface area contributed by atoms with Crippen LogP contribution < -0.4 is 15.0 Å². The molecule has 0 bridgehead atoms. The van der Waals surface area contributed by atoms with E-state index in [-0.39, 0.29) is 22.8 Å². The minimum Gasteiger partial charge on any atom is -0.484 e. The Morgan fingerprint density at radius 3 is 2.48 bits per heavy atom. The van der Waals surface area contributed by atoms with Crippen molar-refractivity contribution >= 4 is 28.9 Å². The number of amides is 2. The summed E-state index contributed by atoms with van der Waals surface area (Å²) in [4.78, 5) is 35.1. The number of halogens is 3. The van der Waals surface area contributed by atoms with Crippen LogP contribution in [0.1, 0.15) is 6.42 Å². The molecule has 29 heavy (non-hydrogen) atoms. The maximum atomic E-state index is 13.6. The maximum absolute atomic E-state index is 13.6. The van der Waals surface area contributed by atoms with Gasteiger partial charge < -0.3 is 10.1 Å². The number of rotatable bonds is 4. The number of non-ortho nitro benzene ring substituents is 1. The van der Waals surface area contributed by atoms with Gasteiger partial charge in [0.2, 0.25) is 5.91 Å². The second kappa shape index (κ2) is 7.78. The molecule has 11 heteroatoms. The second-order valence-electron chi connectivity index (χ2n) is 6.13. The van der Waals surface area contributed by atoms with Crippen LogP contribution in [-0.2, 0) is 9.59 Å². The summed E-state index contributed by atoms with van der Waals surface area (Å²) in [5, 5.41) is 13.0. The van der Waals surface area contributed by atoms with E-state index in [1.165, 1.54) is 36.4 Å². The van der Waals surface area contributed by atoms with Gasteiger partial charge in [-0.05, 0) is 24.3 Å². The van der Waals surface area contributed by atoms with Gasteiger partial charge in [-0.25, -0.2) is 0 Å². The number of hydrogen-bond acceptors (Lipinski definition) is 5. The molecule has 0 saturated heterocycles. The Morgan fingerprint density at radius 2 is 1.86 bits per heavy atom. The molecule has 0 saturated carbocycles. The third kappa shape index (κ3) is 4.45. The molecular formula is C18H14F3N3O5. The predicted octanol–water partition coefficient (Wildman–Crippen LogP) is 3.28. The Kier molecular flexibility index (Phi) is 5.39. The molecule has 0 radical (unpaired) electrons. The molecule has 152 valence electrons. The molecule has 3 rings (SSSR count). The van der Waals surface area contributed by atoms with E-state index in [0.717, 1.165) is 12.1 Å². The molecule has 0 aliphatic carbocycles. The van der Waals surface area contributed by atoms with Gasteiger partial charge in [-0.1, -0.05) is 12.1 Å². The highest BCUT2D eigenvalue weighted by molar-refractivity contribution is 6.05. The van der Waals surface area contributed by atoms with Crippen LogP contribution in [0.4, 0.5) is 30.2 Å². The van der Waals surface area contributed by atoms with E-state index < -0.39 is 42.0 Å². The Labute approximate surface area is 162 Å². The first-order valence-corrected chi connectivity index (χ1v) is 8.31. The lowest BCUT2D eigenvalue weighted by Crippen LogP contribution is -2.51. The van der Waals surface area contributed by atoms with Crippen molar-refractivity contribution in [1.82, 2.24) is 0 Å². The largest absolute Gasteiger partial charge is 0.484 e. The van der Waals surface area contributed by atoms with Gasteiger partial charge in [-0.2, -0.15) is 13.2 Å². The van der Waals surface area contributed by atoms with Crippen LogP contribution >= 0.6 is 0 Å². The smallest absolute Gasteiger partial charge is 0.409 e. The predicted molar refractivity (Wildman–Crippen MR) is 95.6 cm³/mol. The van der Waals surface area contributed by atoms with Crippen molar-refractivity contribution in [3.63, 3.8) is 0 Å². The van der Waals surface area contributed by atoms with Crippen molar-refractivity contribution in [1.29, 1.82) is 0 Å². The van der Waals surface area contributed by atoms with Crippen molar-refractivity contribution in [2.45, 2.75) is 18.6 Å². The van der Waals surface area contributed by atoms with E-state index in [9.17, 15) is 32.9 Å². The molecule has 2 amide bonds. The normalized spacial score (nSPS) is 16.4. The highest BCUT2D eigenvalue weighted by Crippen LogP contribution is 2.37. The fraction of sp³-hybridized carbons (Fsp3) is 0.222. The molecule has 1 unspecified atom stereocenters. The molecule has 1 N–H and O–H groups in total. The SMILES string of the molecule is O=C1CC(C(F)(F)F)N(C(=O)COc2ccc([N+](=O)[O-])cc2)c2ccccc2N1. The summed E-state index contributed by atoms with van der Waals surface area (Å²) in [6.07, 6.45) is -5.81. The molecule has 0 aromatic heterocycles. The number of alkyl halides is 3. The van der Waals surface area contributed by atoms with Gasteiger partial charge >= 0.3 is 6.18 Å². The number of nitrogens with zero attached hydrogens (tertiary/aromatic N) is 2. The Bertz CT molecular complexity index is 947. The third-order valence-electron chi connectivity index (χ3n) is 4.18. The van der Waals surface area contributed by atoms with Crippen LogP contribution in [0, 0.1) is 10.1 Å². The lowest BCUT2D eigenvalue weighted by Gasteiger charge is -2.31. The van der Waals surface area contributed by atoms with Crippen LogP contribution in [-0.4, -0.2) is 35.6 Å². The summed E-state index contributed by atoms with van der Waals surface area (Å²) in [7, 11) is 0. The lowest BCUT2D eigenvalue weighted by molar-refractivity contribution is -0.384. The van der Waals surface area contributed by atoms with Crippen LogP contribution in [0.3, 0.4) is 0 Å². The number of hydrogen-bond donors (Lipinski definition) is 1. The average molecular weight is 409 g/mol. The summed E-state index contributed by atoms with van der Waals surface area (Å²) < 4.78 is 46.0. The Balaban J connectivity index is 1.87. The van der Waals surface area contributed by atoms with Gasteiger partial charge in [0.05, 0.1) is 22.7 Å². The number of nitro groups is 1. The van der Waals surface area contributed by atoms with Crippen LogP contribution in [0.5, 0.6) is 5.75 Å². The molecule has 1 aliphatic heterocycles. The minimum atomic E-state index is -4.85. The van der Waals surface area contributed by atoms with Crippen LogP contribution in [0.25, 0.3) is 0 Å². The number of carbonyl (C=O) groups excluding carboxylic acids is 2. The standard InChI is InChI=1S/C18H14F3N3O5/c19-18(20,21)15-9-16(25)22-13-3-1-2-4-14(13)23(15)17(26)10-29-12-7-5-11(6-8-12)24(27)28/h1-8,15H,9-10H2,(H,22,25). The fourth-order valence-corrected chi connectivity index (χ4v) is 2.87. The molecule has 1 heterocycles. The number of nitro benzene ring substituents is 1. The highest BCUT2D eigenvalue weighted by Gasteiger charge is 2.49. The number of carbonyl (C=O) groups is 2. The number of anilines is 2. The topological polar surface area (TPSA) is 102 Å². The van der Waals surface area contributed by atoms with E-state index in [2.05, 4.69) is 5.32 Å².